The van der Waals surface area contributed by atoms with Gasteiger partial charge in [-0.2, -0.15) is 10.1 Å². The van der Waals surface area contributed by atoms with Crippen molar-refractivity contribution >= 4 is 11.9 Å². The predicted octanol–water partition coefficient (Wildman–Crippen LogP) is 4.70. The van der Waals surface area contributed by atoms with Gasteiger partial charge in [-0.3, -0.25) is 9.59 Å². The zero-order valence-corrected chi connectivity index (χ0v) is 22.3. The minimum absolute atomic E-state index is 0.276. The van der Waals surface area contributed by atoms with Crippen LogP contribution in [0.25, 0.3) is 0 Å². The van der Waals surface area contributed by atoms with Crippen molar-refractivity contribution in [3.05, 3.63) is 0 Å². The summed E-state index contributed by atoms with van der Waals surface area (Å²) in [4.78, 5) is 26.9. The molecular weight excluding hydrogens is 424 g/mol. The van der Waals surface area contributed by atoms with E-state index < -0.39 is 51.7 Å². The molecular formula is C25H46N2O6. The number of ether oxygens (including phenoxy) is 2. The van der Waals surface area contributed by atoms with Crippen LogP contribution in [0.15, 0.2) is 0 Å². The molecule has 0 amide bonds. The molecule has 0 aromatic rings. The number of carbonyl (C=O) groups is 2. The van der Waals surface area contributed by atoms with Crippen molar-refractivity contribution in [1.29, 1.82) is 0 Å². The number of hydrogen-bond acceptors (Lipinski definition) is 8. The summed E-state index contributed by atoms with van der Waals surface area (Å²) in [6, 6.07) is 0. The molecule has 0 aliphatic carbocycles. The van der Waals surface area contributed by atoms with Crippen LogP contribution >= 0.6 is 0 Å². The Kier molecular flexibility index (Phi) is 7.72. The molecule has 33 heavy (non-hydrogen) atoms. The van der Waals surface area contributed by atoms with Crippen LogP contribution in [-0.4, -0.2) is 66.8 Å². The summed E-state index contributed by atoms with van der Waals surface area (Å²) in [6.07, 6.45) is 1.60. The smallest absolute Gasteiger partial charge is 0.323 e. The van der Waals surface area contributed by atoms with Crippen LogP contribution in [0.1, 0.15) is 108 Å². The van der Waals surface area contributed by atoms with Gasteiger partial charge in [0.15, 0.2) is 5.41 Å². The minimum Gasteiger partial charge on any atom is -0.461 e. The van der Waals surface area contributed by atoms with Crippen LogP contribution in [0.5, 0.6) is 0 Å². The van der Waals surface area contributed by atoms with E-state index in [1.807, 2.05) is 55.4 Å². The topological polar surface area (TPSA) is 99.5 Å². The van der Waals surface area contributed by atoms with Crippen LogP contribution in [-0.2, 0) is 19.1 Å². The van der Waals surface area contributed by atoms with Gasteiger partial charge in [0.1, 0.15) is 12.2 Å². The Bertz CT molecular complexity index is 647. The Hall–Kier alpha value is -1.22. The van der Waals surface area contributed by atoms with Gasteiger partial charge >= 0.3 is 11.9 Å². The summed E-state index contributed by atoms with van der Waals surface area (Å²) >= 11 is 0. The van der Waals surface area contributed by atoms with Crippen molar-refractivity contribution in [2.24, 2.45) is 5.41 Å². The molecule has 2 fully saturated rings. The van der Waals surface area contributed by atoms with Crippen LogP contribution in [0, 0.1) is 5.41 Å². The van der Waals surface area contributed by atoms with Crippen LogP contribution in [0.3, 0.4) is 0 Å². The fourth-order valence-electron chi connectivity index (χ4n) is 5.96. The lowest BCUT2D eigenvalue weighted by molar-refractivity contribution is -0.263. The van der Waals surface area contributed by atoms with Crippen LogP contribution < -0.4 is 0 Å². The largest absolute Gasteiger partial charge is 0.461 e. The second kappa shape index (κ2) is 9.10. The molecule has 0 bridgehead atoms. The van der Waals surface area contributed by atoms with E-state index in [1.54, 1.807) is 13.8 Å². The van der Waals surface area contributed by atoms with Crippen LogP contribution in [0.4, 0.5) is 0 Å². The number of piperidine rings is 2. The Morgan fingerprint density at radius 1 is 0.697 bits per heavy atom. The van der Waals surface area contributed by atoms with Crippen molar-refractivity contribution in [3.8, 4) is 0 Å². The number of rotatable bonds is 6. The van der Waals surface area contributed by atoms with Crippen molar-refractivity contribution in [3.63, 3.8) is 0 Å². The van der Waals surface area contributed by atoms with E-state index in [1.165, 1.54) is 10.1 Å². The summed E-state index contributed by atoms with van der Waals surface area (Å²) < 4.78 is 11.9. The van der Waals surface area contributed by atoms with Crippen molar-refractivity contribution in [2.45, 2.75) is 142 Å². The van der Waals surface area contributed by atoms with E-state index in [0.29, 0.717) is 25.7 Å². The molecule has 0 radical (unpaired) electrons. The molecule has 0 atom stereocenters. The Labute approximate surface area is 199 Å². The van der Waals surface area contributed by atoms with Crippen LogP contribution in [0.2, 0.25) is 0 Å². The van der Waals surface area contributed by atoms with Gasteiger partial charge in [0.05, 0.1) is 0 Å². The second-order valence-electron chi connectivity index (χ2n) is 12.5. The first-order valence-electron chi connectivity index (χ1n) is 12.3. The average Bonchev–Trinajstić information content (AvgIpc) is 2.64. The molecule has 8 nitrogen and oxygen atoms in total. The number of hydroxylamine groups is 4. The Morgan fingerprint density at radius 2 is 0.939 bits per heavy atom. The lowest BCUT2D eigenvalue weighted by Gasteiger charge is -2.51. The molecule has 2 rings (SSSR count). The predicted molar refractivity (Wildman–Crippen MR) is 125 cm³/mol. The zero-order chi connectivity index (χ0) is 25.6. The van der Waals surface area contributed by atoms with Gasteiger partial charge < -0.3 is 19.9 Å². The molecule has 2 heterocycles. The molecule has 8 heteroatoms. The van der Waals surface area contributed by atoms with Gasteiger partial charge in [-0.25, -0.2) is 0 Å². The highest BCUT2D eigenvalue weighted by Gasteiger charge is 2.52. The summed E-state index contributed by atoms with van der Waals surface area (Å²) in [7, 11) is 0. The quantitative estimate of drug-likeness (QED) is 0.426. The average molecular weight is 471 g/mol. The van der Waals surface area contributed by atoms with Gasteiger partial charge in [-0.1, -0.05) is 13.8 Å². The number of hydrogen-bond donors (Lipinski definition) is 2. The van der Waals surface area contributed by atoms with E-state index in [2.05, 4.69) is 0 Å². The number of esters is 2. The maximum absolute atomic E-state index is 13.4. The van der Waals surface area contributed by atoms with E-state index >= 15 is 0 Å². The molecule has 2 N–H and O–H groups in total. The first-order valence-corrected chi connectivity index (χ1v) is 12.3. The van der Waals surface area contributed by atoms with Gasteiger partial charge in [0.2, 0.25) is 0 Å². The maximum Gasteiger partial charge on any atom is 0.323 e. The van der Waals surface area contributed by atoms with Gasteiger partial charge in [-0.05, 0) is 68.2 Å². The van der Waals surface area contributed by atoms with Crippen molar-refractivity contribution in [1.82, 2.24) is 10.1 Å². The fraction of sp³-hybridized carbons (Fsp3) is 0.920. The molecule has 192 valence electrons. The highest BCUT2D eigenvalue weighted by molar-refractivity contribution is 6.00. The maximum atomic E-state index is 13.4. The summed E-state index contributed by atoms with van der Waals surface area (Å²) in [5, 5.41) is 23.8. The molecule has 0 spiro atoms. The summed E-state index contributed by atoms with van der Waals surface area (Å²) in [5.41, 5.74) is -3.64. The lowest BCUT2D eigenvalue weighted by atomic mass is 9.78. The van der Waals surface area contributed by atoms with E-state index in [-0.39, 0.29) is 12.8 Å². The molecule has 0 aromatic carbocycles. The normalized spacial score (nSPS) is 26.1. The summed E-state index contributed by atoms with van der Waals surface area (Å²) in [6.45, 7) is 18.9. The molecule has 0 saturated carbocycles. The first kappa shape index (κ1) is 28.0. The standard InChI is InChI=1S/C25H46N2O6/c1-11-25(12-2,19(28)32-17-13-21(3,4)26(30)22(5,6)14-17)20(29)33-18-15-23(7,8)27(31)24(9,10)16-18/h17-18,30-31H,11-16H2,1-10H3. The van der Waals surface area contributed by atoms with E-state index in [9.17, 15) is 20.0 Å². The summed E-state index contributed by atoms with van der Waals surface area (Å²) in [5.74, 6) is -1.11. The Morgan fingerprint density at radius 3 is 1.15 bits per heavy atom. The molecule has 0 unspecified atom stereocenters. The molecule has 0 aromatic heterocycles. The monoisotopic (exact) mass is 470 g/mol. The third-order valence-electron chi connectivity index (χ3n) is 7.74. The third-order valence-corrected chi connectivity index (χ3v) is 7.74. The lowest BCUT2D eigenvalue weighted by Crippen LogP contribution is -2.61. The van der Waals surface area contributed by atoms with Gasteiger partial charge in [0.25, 0.3) is 0 Å². The first-order chi connectivity index (χ1) is 14.8. The highest BCUT2D eigenvalue weighted by Crippen LogP contribution is 2.42. The molecule has 2 aliphatic rings. The highest BCUT2D eigenvalue weighted by atomic mass is 16.6. The molecule has 2 saturated heterocycles. The Balaban J connectivity index is 2.20. The van der Waals surface area contributed by atoms with Gasteiger partial charge in [-0.15, -0.1) is 0 Å². The molecule has 2 aliphatic heterocycles. The minimum atomic E-state index is -1.38. The number of nitrogens with zero attached hydrogens (tertiary/aromatic N) is 2. The van der Waals surface area contributed by atoms with Gasteiger partial charge in [0, 0.05) is 47.8 Å². The van der Waals surface area contributed by atoms with Crippen molar-refractivity contribution < 1.29 is 29.5 Å². The van der Waals surface area contributed by atoms with E-state index in [0.717, 1.165) is 0 Å². The zero-order valence-electron chi connectivity index (χ0n) is 22.3. The third kappa shape index (κ3) is 5.39. The van der Waals surface area contributed by atoms with E-state index in [4.69, 9.17) is 9.47 Å². The number of carbonyl (C=O) groups excluding carboxylic acids is 2. The SMILES string of the molecule is CCC(CC)(C(=O)OC1CC(C)(C)N(O)C(C)(C)C1)C(=O)OC1CC(C)(C)N(O)C(C)(C)C1. The second-order valence-corrected chi connectivity index (χ2v) is 12.5. The van der Waals surface area contributed by atoms with Crippen molar-refractivity contribution in [2.75, 3.05) is 0 Å². The fourth-order valence-corrected chi connectivity index (χ4v) is 5.96.